The fraction of sp³-hybridized carbons (Fsp3) is 0.429. The van der Waals surface area contributed by atoms with Crippen molar-refractivity contribution < 1.29 is 9.53 Å². The summed E-state index contributed by atoms with van der Waals surface area (Å²) in [5.74, 6) is 0.647. The Morgan fingerprint density at radius 1 is 1.42 bits per heavy atom. The Morgan fingerprint density at radius 2 is 2.26 bits per heavy atom. The molecule has 0 saturated heterocycles. The number of hydrogen-bond donors (Lipinski definition) is 1. The third-order valence-corrected chi connectivity index (χ3v) is 3.22. The van der Waals surface area contributed by atoms with Crippen LogP contribution in [-0.4, -0.2) is 18.2 Å². The lowest BCUT2D eigenvalue weighted by molar-refractivity contribution is -0.121. The van der Waals surface area contributed by atoms with Crippen molar-refractivity contribution in [1.82, 2.24) is 5.43 Å². The van der Waals surface area contributed by atoms with Gasteiger partial charge in [-0.05, 0) is 30.2 Å². The highest BCUT2D eigenvalue weighted by Crippen LogP contribution is 2.26. The normalized spacial score (nSPS) is 14.8. The number of nitrogens with one attached hydrogen (secondary N) is 1. The average molecular weight is 281 g/mol. The molecule has 1 aliphatic rings. The minimum Gasteiger partial charge on any atom is -0.492 e. The van der Waals surface area contributed by atoms with Gasteiger partial charge < -0.3 is 4.74 Å². The summed E-state index contributed by atoms with van der Waals surface area (Å²) in [4.78, 5) is 11.0. The quantitative estimate of drug-likeness (QED) is 0.843. The van der Waals surface area contributed by atoms with Gasteiger partial charge in [-0.15, -0.1) is 0 Å². The number of benzene rings is 1. The second kappa shape index (κ2) is 6.57. The fourth-order valence-electron chi connectivity index (χ4n) is 1.81. The molecule has 1 aromatic carbocycles. The molecule has 0 aromatic heterocycles. The van der Waals surface area contributed by atoms with Crippen molar-refractivity contribution in [3.63, 3.8) is 0 Å². The molecule has 1 amide bonds. The number of unbranched alkanes of at least 4 members (excludes halogenated alkanes) is 1. The average Bonchev–Trinajstić information content (AvgIpc) is 2.42. The van der Waals surface area contributed by atoms with E-state index in [2.05, 4.69) is 17.5 Å². The monoisotopic (exact) mass is 280 g/mol. The maximum absolute atomic E-state index is 11.0. The minimum atomic E-state index is -0.0469. The molecule has 1 aromatic rings. The van der Waals surface area contributed by atoms with Gasteiger partial charge in [0.15, 0.2) is 0 Å². The van der Waals surface area contributed by atoms with Crippen LogP contribution in [0.15, 0.2) is 23.3 Å². The van der Waals surface area contributed by atoms with E-state index in [1.54, 1.807) is 0 Å². The zero-order valence-corrected chi connectivity index (χ0v) is 11.7. The molecule has 0 saturated carbocycles. The Balaban J connectivity index is 2.08. The van der Waals surface area contributed by atoms with E-state index in [1.165, 1.54) is 0 Å². The molecule has 0 fully saturated rings. The second-order valence-electron chi connectivity index (χ2n) is 4.44. The molecule has 1 heterocycles. The third-order valence-electron chi connectivity index (χ3n) is 2.92. The summed E-state index contributed by atoms with van der Waals surface area (Å²) in [6.45, 7) is 2.79. The maximum atomic E-state index is 11.0. The van der Waals surface area contributed by atoms with Crippen molar-refractivity contribution >= 4 is 23.2 Å². The number of carbonyl (C=O) groups excluding carboxylic acids is 1. The largest absolute Gasteiger partial charge is 0.492 e. The molecule has 1 aliphatic heterocycles. The Morgan fingerprint density at radius 3 is 2.89 bits per heavy atom. The molecule has 0 atom stereocenters. The first-order valence-corrected chi connectivity index (χ1v) is 6.86. The van der Waals surface area contributed by atoms with Gasteiger partial charge in [0.2, 0.25) is 5.91 Å². The van der Waals surface area contributed by atoms with Gasteiger partial charge in [0.25, 0.3) is 0 Å². The van der Waals surface area contributed by atoms with E-state index < -0.39 is 0 Å². The van der Waals surface area contributed by atoms with E-state index in [-0.39, 0.29) is 5.91 Å². The van der Waals surface area contributed by atoms with Crippen LogP contribution in [0.2, 0.25) is 5.02 Å². The van der Waals surface area contributed by atoms with Gasteiger partial charge in [-0.3, -0.25) is 4.79 Å². The third kappa shape index (κ3) is 3.70. The summed E-state index contributed by atoms with van der Waals surface area (Å²) >= 11 is 6.19. The van der Waals surface area contributed by atoms with Gasteiger partial charge >= 0.3 is 0 Å². The lowest BCUT2D eigenvalue weighted by Crippen LogP contribution is -2.25. The smallest absolute Gasteiger partial charge is 0.240 e. The van der Waals surface area contributed by atoms with Gasteiger partial charge in [-0.1, -0.05) is 24.9 Å². The van der Waals surface area contributed by atoms with Crippen molar-refractivity contribution in [1.29, 1.82) is 0 Å². The first kappa shape index (κ1) is 13.9. The molecule has 0 spiro atoms. The van der Waals surface area contributed by atoms with E-state index in [0.29, 0.717) is 30.2 Å². The number of ether oxygens (including phenoxy) is 1. The number of hydrazone groups is 1. The Labute approximate surface area is 117 Å². The molecular weight excluding hydrogens is 264 g/mol. The second-order valence-corrected chi connectivity index (χ2v) is 4.85. The highest BCUT2D eigenvalue weighted by Gasteiger charge is 2.14. The van der Waals surface area contributed by atoms with Crippen LogP contribution >= 0.6 is 11.6 Å². The lowest BCUT2D eigenvalue weighted by Gasteiger charge is -2.13. The van der Waals surface area contributed by atoms with Gasteiger partial charge in [-0.25, -0.2) is 5.43 Å². The number of hydrogen-bond acceptors (Lipinski definition) is 3. The lowest BCUT2D eigenvalue weighted by atomic mass is 10.0. The van der Waals surface area contributed by atoms with E-state index in [1.807, 2.05) is 18.2 Å². The zero-order valence-electron chi connectivity index (χ0n) is 10.9. The molecule has 0 radical (unpaired) electrons. The SMILES string of the molecule is CCCCOc1ccc(C2=NNC(=O)CC2)cc1Cl. The van der Waals surface area contributed by atoms with Crippen LogP contribution in [0, 0.1) is 0 Å². The van der Waals surface area contributed by atoms with Crippen molar-refractivity contribution in [2.24, 2.45) is 5.10 Å². The topological polar surface area (TPSA) is 50.7 Å². The molecule has 0 unspecified atom stereocenters. The first-order valence-electron chi connectivity index (χ1n) is 6.49. The standard InChI is InChI=1S/C14H17ClN2O2/c1-2-3-8-19-13-6-4-10(9-11(13)15)12-5-7-14(18)17-16-12/h4,6,9H,2-3,5,7-8H2,1H3,(H,17,18). The van der Waals surface area contributed by atoms with E-state index >= 15 is 0 Å². The molecule has 2 rings (SSSR count). The van der Waals surface area contributed by atoms with Crippen LogP contribution in [0.5, 0.6) is 5.75 Å². The fourth-order valence-corrected chi connectivity index (χ4v) is 2.04. The number of amides is 1. The Hall–Kier alpha value is -1.55. The van der Waals surface area contributed by atoms with Crippen LogP contribution in [-0.2, 0) is 4.79 Å². The summed E-state index contributed by atoms with van der Waals surface area (Å²) in [6, 6.07) is 5.61. The number of halogens is 1. The van der Waals surface area contributed by atoms with E-state index in [9.17, 15) is 4.79 Å². The van der Waals surface area contributed by atoms with Crippen molar-refractivity contribution in [2.45, 2.75) is 32.6 Å². The molecule has 5 heteroatoms. The number of rotatable bonds is 5. The van der Waals surface area contributed by atoms with Gasteiger partial charge in [0, 0.05) is 12.8 Å². The molecule has 0 aliphatic carbocycles. The highest BCUT2D eigenvalue weighted by atomic mass is 35.5. The van der Waals surface area contributed by atoms with Crippen LogP contribution in [0.4, 0.5) is 0 Å². The molecule has 102 valence electrons. The Bertz CT molecular complexity index is 500. The van der Waals surface area contributed by atoms with Crippen LogP contribution in [0.1, 0.15) is 38.2 Å². The molecular formula is C14H17ClN2O2. The minimum absolute atomic E-state index is 0.0469. The summed E-state index contributed by atoms with van der Waals surface area (Å²) < 4.78 is 5.60. The maximum Gasteiger partial charge on any atom is 0.240 e. The first-order chi connectivity index (χ1) is 9.20. The molecule has 1 N–H and O–H groups in total. The molecule has 0 bridgehead atoms. The summed E-state index contributed by atoms with van der Waals surface area (Å²) in [7, 11) is 0. The summed E-state index contributed by atoms with van der Waals surface area (Å²) in [5, 5.41) is 4.62. The predicted octanol–water partition coefficient (Wildman–Crippen LogP) is 3.13. The highest BCUT2D eigenvalue weighted by molar-refractivity contribution is 6.32. The van der Waals surface area contributed by atoms with Gasteiger partial charge in [-0.2, -0.15) is 5.10 Å². The predicted molar refractivity (Wildman–Crippen MR) is 75.8 cm³/mol. The van der Waals surface area contributed by atoms with Crippen molar-refractivity contribution in [2.75, 3.05) is 6.61 Å². The zero-order chi connectivity index (χ0) is 13.7. The van der Waals surface area contributed by atoms with Crippen LogP contribution in [0.25, 0.3) is 0 Å². The van der Waals surface area contributed by atoms with E-state index in [4.69, 9.17) is 16.3 Å². The summed E-state index contributed by atoms with van der Waals surface area (Å²) in [5.41, 5.74) is 4.25. The molecule has 4 nitrogen and oxygen atoms in total. The van der Waals surface area contributed by atoms with Crippen molar-refractivity contribution in [3.8, 4) is 5.75 Å². The van der Waals surface area contributed by atoms with E-state index in [0.717, 1.165) is 24.1 Å². The van der Waals surface area contributed by atoms with Crippen molar-refractivity contribution in [3.05, 3.63) is 28.8 Å². The Kier molecular flexibility index (Phi) is 4.80. The number of nitrogens with zero attached hydrogens (tertiary/aromatic N) is 1. The van der Waals surface area contributed by atoms with Crippen LogP contribution < -0.4 is 10.2 Å². The number of carbonyl (C=O) groups is 1. The summed E-state index contributed by atoms with van der Waals surface area (Å²) in [6.07, 6.45) is 3.20. The van der Waals surface area contributed by atoms with Gasteiger partial charge in [0.05, 0.1) is 17.3 Å². The van der Waals surface area contributed by atoms with Crippen LogP contribution in [0.3, 0.4) is 0 Å². The van der Waals surface area contributed by atoms with Gasteiger partial charge in [0.1, 0.15) is 5.75 Å². The molecule has 19 heavy (non-hydrogen) atoms.